The van der Waals surface area contributed by atoms with Gasteiger partial charge in [-0.1, -0.05) is 15.9 Å². The zero-order valence-electron chi connectivity index (χ0n) is 11.1. The van der Waals surface area contributed by atoms with Crippen molar-refractivity contribution in [3.8, 4) is 0 Å². The van der Waals surface area contributed by atoms with Gasteiger partial charge in [0.05, 0.1) is 0 Å². The summed E-state index contributed by atoms with van der Waals surface area (Å²) in [6.45, 7) is 1.98. The third-order valence-corrected chi connectivity index (χ3v) is 4.13. The van der Waals surface area contributed by atoms with Crippen LogP contribution in [0.1, 0.15) is 28.8 Å². The van der Waals surface area contributed by atoms with Crippen molar-refractivity contribution in [1.29, 1.82) is 0 Å². The smallest absolute Gasteiger partial charge is 0.404 e. The van der Waals surface area contributed by atoms with Crippen molar-refractivity contribution in [2.75, 3.05) is 19.6 Å². The van der Waals surface area contributed by atoms with Crippen molar-refractivity contribution in [3.63, 3.8) is 0 Å². The summed E-state index contributed by atoms with van der Waals surface area (Å²) in [7, 11) is 0. The molecule has 1 aromatic rings. The minimum Gasteiger partial charge on any atom is -0.465 e. The van der Waals surface area contributed by atoms with Crippen LogP contribution in [0.15, 0.2) is 22.7 Å². The summed E-state index contributed by atoms with van der Waals surface area (Å²) in [5.41, 5.74) is 1.60. The van der Waals surface area contributed by atoms with Crippen LogP contribution in [-0.2, 0) is 6.42 Å². The Hall–Kier alpha value is -1.56. The minimum absolute atomic E-state index is 0.0578. The van der Waals surface area contributed by atoms with E-state index in [2.05, 4.69) is 21.2 Å². The predicted octanol–water partition coefficient (Wildman–Crippen LogP) is 2.50. The van der Waals surface area contributed by atoms with Gasteiger partial charge in [-0.05, 0) is 43.0 Å². The lowest BCUT2D eigenvalue weighted by molar-refractivity contribution is 0.0792. The number of halogens is 1. The molecular weight excluding hydrogens is 324 g/mol. The van der Waals surface area contributed by atoms with Crippen LogP contribution in [0.3, 0.4) is 0 Å². The SMILES string of the molecule is O=C(O)NCCc1cc(C(=O)N2CCCC2)ccc1Br. The number of nitrogens with zero attached hydrogens (tertiary/aromatic N) is 1. The van der Waals surface area contributed by atoms with Crippen molar-refractivity contribution in [2.24, 2.45) is 0 Å². The molecule has 20 heavy (non-hydrogen) atoms. The second kappa shape index (κ2) is 6.74. The number of rotatable bonds is 4. The molecule has 0 aliphatic carbocycles. The van der Waals surface area contributed by atoms with Crippen molar-refractivity contribution in [2.45, 2.75) is 19.3 Å². The number of likely N-dealkylation sites (tertiary alicyclic amines) is 1. The van der Waals surface area contributed by atoms with Crippen molar-refractivity contribution in [1.82, 2.24) is 10.2 Å². The average molecular weight is 341 g/mol. The molecule has 2 amide bonds. The lowest BCUT2D eigenvalue weighted by atomic mass is 10.1. The van der Waals surface area contributed by atoms with E-state index < -0.39 is 6.09 Å². The molecule has 1 fully saturated rings. The first kappa shape index (κ1) is 14.8. The normalized spacial score (nSPS) is 14.3. The third-order valence-electron chi connectivity index (χ3n) is 3.36. The third kappa shape index (κ3) is 3.72. The quantitative estimate of drug-likeness (QED) is 0.884. The summed E-state index contributed by atoms with van der Waals surface area (Å²) >= 11 is 3.43. The largest absolute Gasteiger partial charge is 0.465 e. The number of hydrogen-bond donors (Lipinski definition) is 2. The minimum atomic E-state index is -1.04. The van der Waals surface area contributed by atoms with E-state index in [-0.39, 0.29) is 5.91 Å². The Morgan fingerprint density at radius 2 is 2.00 bits per heavy atom. The fourth-order valence-corrected chi connectivity index (χ4v) is 2.75. The molecule has 1 aliphatic rings. The topological polar surface area (TPSA) is 69.6 Å². The molecule has 0 saturated carbocycles. The molecule has 1 heterocycles. The molecule has 2 N–H and O–H groups in total. The lowest BCUT2D eigenvalue weighted by Crippen LogP contribution is -2.28. The molecule has 1 saturated heterocycles. The molecule has 1 aliphatic heterocycles. The van der Waals surface area contributed by atoms with Crippen molar-refractivity contribution < 1.29 is 14.7 Å². The average Bonchev–Trinajstić information content (AvgIpc) is 2.93. The van der Waals surface area contributed by atoms with E-state index in [1.54, 1.807) is 6.07 Å². The van der Waals surface area contributed by atoms with Crippen LogP contribution in [0.4, 0.5) is 4.79 Å². The summed E-state index contributed by atoms with van der Waals surface area (Å²) in [6, 6.07) is 5.49. The zero-order chi connectivity index (χ0) is 14.5. The highest BCUT2D eigenvalue weighted by molar-refractivity contribution is 9.10. The van der Waals surface area contributed by atoms with Gasteiger partial charge in [-0.3, -0.25) is 4.79 Å². The standard InChI is InChI=1S/C14H17BrN2O3/c15-12-4-3-11(13(18)17-7-1-2-8-17)9-10(12)5-6-16-14(19)20/h3-4,9,16H,1-2,5-8H2,(H,19,20). The Morgan fingerprint density at radius 3 is 2.65 bits per heavy atom. The number of amides is 2. The van der Waals surface area contributed by atoms with Gasteiger partial charge >= 0.3 is 6.09 Å². The maximum absolute atomic E-state index is 12.3. The van der Waals surface area contributed by atoms with Gasteiger partial charge in [0.25, 0.3) is 5.91 Å². The first-order valence-electron chi connectivity index (χ1n) is 6.62. The summed E-state index contributed by atoms with van der Waals surface area (Å²) in [6.07, 6.45) is 1.65. The van der Waals surface area contributed by atoms with E-state index in [1.807, 2.05) is 17.0 Å². The Morgan fingerprint density at radius 1 is 1.30 bits per heavy atom. The van der Waals surface area contributed by atoms with Crippen LogP contribution < -0.4 is 5.32 Å². The van der Waals surface area contributed by atoms with Crippen LogP contribution >= 0.6 is 15.9 Å². The van der Waals surface area contributed by atoms with Gasteiger partial charge in [0.1, 0.15) is 0 Å². The summed E-state index contributed by atoms with van der Waals surface area (Å²) in [5, 5.41) is 10.9. The van der Waals surface area contributed by atoms with Crippen molar-refractivity contribution in [3.05, 3.63) is 33.8 Å². The second-order valence-electron chi connectivity index (χ2n) is 4.79. The molecule has 6 heteroatoms. The molecule has 1 aromatic carbocycles. The number of carbonyl (C=O) groups excluding carboxylic acids is 1. The van der Waals surface area contributed by atoms with Gasteiger partial charge in [-0.25, -0.2) is 4.79 Å². The van der Waals surface area contributed by atoms with E-state index in [1.165, 1.54) is 0 Å². The second-order valence-corrected chi connectivity index (χ2v) is 5.64. The van der Waals surface area contributed by atoms with Crippen LogP contribution in [0.5, 0.6) is 0 Å². The summed E-state index contributed by atoms with van der Waals surface area (Å²) in [4.78, 5) is 24.6. The molecule has 108 valence electrons. The molecule has 0 radical (unpaired) electrons. The number of hydrogen-bond acceptors (Lipinski definition) is 2. The Bertz CT molecular complexity index is 513. The van der Waals surface area contributed by atoms with Gasteiger partial charge in [0.2, 0.25) is 0 Å². The van der Waals surface area contributed by atoms with Gasteiger partial charge in [-0.15, -0.1) is 0 Å². The van der Waals surface area contributed by atoms with Gasteiger partial charge < -0.3 is 15.3 Å². The molecule has 0 spiro atoms. The first-order valence-corrected chi connectivity index (χ1v) is 7.42. The number of benzene rings is 1. The highest BCUT2D eigenvalue weighted by atomic mass is 79.9. The number of carboxylic acid groups (broad SMARTS) is 1. The monoisotopic (exact) mass is 340 g/mol. The Kier molecular flexibility index (Phi) is 5.00. The highest BCUT2D eigenvalue weighted by Gasteiger charge is 2.19. The molecular formula is C14H17BrN2O3. The summed E-state index contributed by atoms with van der Waals surface area (Å²) in [5.74, 6) is 0.0578. The van der Waals surface area contributed by atoms with E-state index in [9.17, 15) is 9.59 Å². The van der Waals surface area contributed by atoms with E-state index in [4.69, 9.17) is 5.11 Å². The molecule has 5 nitrogen and oxygen atoms in total. The molecule has 2 rings (SSSR count). The maximum Gasteiger partial charge on any atom is 0.404 e. The van der Waals surface area contributed by atoms with Crippen LogP contribution in [0.25, 0.3) is 0 Å². The fourth-order valence-electron chi connectivity index (χ4n) is 2.31. The van der Waals surface area contributed by atoms with E-state index in [0.717, 1.165) is 36.0 Å². The van der Waals surface area contributed by atoms with Gasteiger partial charge in [0.15, 0.2) is 0 Å². The first-order chi connectivity index (χ1) is 9.58. The summed E-state index contributed by atoms with van der Waals surface area (Å²) < 4.78 is 0.891. The molecule has 0 unspecified atom stereocenters. The van der Waals surface area contributed by atoms with Crippen LogP contribution in [-0.4, -0.2) is 41.6 Å². The highest BCUT2D eigenvalue weighted by Crippen LogP contribution is 2.21. The number of carbonyl (C=O) groups is 2. The van der Waals surface area contributed by atoms with Crippen molar-refractivity contribution >= 4 is 27.9 Å². The number of nitrogens with one attached hydrogen (secondary N) is 1. The molecule has 0 bridgehead atoms. The molecule has 0 aromatic heterocycles. The fraction of sp³-hybridized carbons (Fsp3) is 0.429. The van der Waals surface area contributed by atoms with Gasteiger partial charge in [0, 0.05) is 29.7 Å². The van der Waals surface area contributed by atoms with Gasteiger partial charge in [-0.2, -0.15) is 0 Å². The lowest BCUT2D eigenvalue weighted by Gasteiger charge is -2.16. The zero-order valence-corrected chi connectivity index (χ0v) is 12.6. The maximum atomic E-state index is 12.3. The van der Waals surface area contributed by atoms with Crippen LogP contribution in [0.2, 0.25) is 0 Å². The van der Waals surface area contributed by atoms with E-state index >= 15 is 0 Å². The Balaban J connectivity index is 2.07. The predicted molar refractivity (Wildman–Crippen MR) is 79.0 cm³/mol. The van der Waals surface area contributed by atoms with E-state index in [0.29, 0.717) is 18.5 Å². The Labute approximate surface area is 126 Å². The molecule has 0 atom stereocenters. The van der Waals surface area contributed by atoms with Crippen LogP contribution in [0, 0.1) is 0 Å².